The van der Waals surface area contributed by atoms with Gasteiger partial charge in [-0.3, -0.25) is 53.8 Å². The Hall–Kier alpha value is -5.28. The number of benzene rings is 2. The van der Waals surface area contributed by atoms with E-state index < -0.39 is 29.7 Å². The molecule has 1 unspecified atom stereocenters. The van der Waals surface area contributed by atoms with Crippen molar-refractivity contribution in [2.75, 3.05) is 70.3 Å². The van der Waals surface area contributed by atoms with Gasteiger partial charge in [0.1, 0.15) is 11.9 Å². The molecular formula is C48H59FN8O6. The van der Waals surface area contributed by atoms with Crippen molar-refractivity contribution in [1.29, 1.82) is 0 Å². The minimum absolute atomic E-state index is 0.0784. The Bertz CT molecular complexity index is 2260. The van der Waals surface area contributed by atoms with Gasteiger partial charge in [0.25, 0.3) is 11.8 Å². The van der Waals surface area contributed by atoms with Crippen molar-refractivity contribution in [3.05, 3.63) is 71.2 Å². The van der Waals surface area contributed by atoms with Crippen LogP contribution in [0.1, 0.15) is 103 Å². The minimum atomic E-state index is -0.977. The van der Waals surface area contributed by atoms with Crippen LogP contribution in [0, 0.1) is 23.6 Å². The molecule has 9 rings (SSSR count). The average Bonchev–Trinajstić information content (AvgIpc) is 3.54. The number of carbonyl (C=O) groups excluding carboxylic acids is 6. The van der Waals surface area contributed by atoms with Crippen molar-refractivity contribution >= 4 is 52.0 Å². The van der Waals surface area contributed by atoms with Gasteiger partial charge in [-0.05, 0) is 137 Å². The molecule has 3 aromatic rings. The normalized spacial score (nSPS) is 25.0. The standard InChI is InChI=1S/C48H59FN8O6/c1-30(32-2-4-33(5-3-32)37-12-17-50-41-9-6-34(49)26-39(37)41)45(60)51-35-15-20-56(21-16-35)44(59)29-53-18-13-31(14-19-53)28-54-22-24-55(25-23-54)36-7-8-38-40(27-36)48(63)57(47(38)62)42-10-11-43(58)52-46(42)61/h6-9,12,17,26-27,30-33,35,42H,2-5,10-11,13-16,18-25,28-29H2,1H3,(H,51,60)(H,52,58,61)/t30-,32-,33+,42?/m1/s1. The van der Waals surface area contributed by atoms with E-state index in [4.69, 9.17) is 0 Å². The van der Waals surface area contributed by atoms with Gasteiger partial charge in [0.15, 0.2) is 0 Å². The predicted octanol–water partition coefficient (Wildman–Crippen LogP) is 4.33. The van der Waals surface area contributed by atoms with Gasteiger partial charge >= 0.3 is 0 Å². The molecule has 334 valence electrons. The Balaban J connectivity index is 0.660. The number of anilines is 1. The molecule has 0 spiro atoms. The molecule has 2 aromatic carbocycles. The van der Waals surface area contributed by atoms with Gasteiger partial charge in [0, 0.05) is 81.5 Å². The van der Waals surface area contributed by atoms with E-state index in [0.717, 1.165) is 124 Å². The second kappa shape index (κ2) is 18.4. The van der Waals surface area contributed by atoms with Crippen LogP contribution in [-0.2, 0) is 19.2 Å². The zero-order valence-corrected chi connectivity index (χ0v) is 36.2. The van der Waals surface area contributed by atoms with Crippen molar-refractivity contribution in [1.82, 2.24) is 35.2 Å². The number of halogens is 1. The number of piperidine rings is 3. The average molecular weight is 863 g/mol. The van der Waals surface area contributed by atoms with E-state index in [0.29, 0.717) is 48.5 Å². The van der Waals surface area contributed by atoms with E-state index >= 15 is 0 Å². The van der Waals surface area contributed by atoms with Crippen LogP contribution >= 0.6 is 0 Å². The minimum Gasteiger partial charge on any atom is -0.369 e. The smallest absolute Gasteiger partial charge is 0.262 e. The monoisotopic (exact) mass is 862 g/mol. The van der Waals surface area contributed by atoms with E-state index in [1.807, 2.05) is 23.2 Å². The molecule has 6 heterocycles. The lowest BCUT2D eigenvalue weighted by Crippen LogP contribution is -2.54. The molecule has 1 aliphatic carbocycles. The summed E-state index contributed by atoms with van der Waals surface area (Å²) in [4.78, 5) is 91.8. The van der Waals surface area contributed by atoms with Crippen molar-refractivity contribution < 1.29 is 33.2 Å². The summed E-state index contributed by atoms with van der Waals surface area (Å²) in [7, 11) is 0. The molecule has 2 N–H and O–H groups in total. The summed E-state index contributed by atoms with van der Waals surface area (Å²) in [6.07, 6.45) is 9.54. The Morgan fingerprint density at radius 2 is 1.52 bits per heavy atom. The highest BCUT2D eigenvalue weighted by molar-refractivity contribution is 6.23. The summed E-state index contributed by atoms with van der Waals surface area (Å²) in [6, 6.07) is 11.2. The molecular weight excluding hydrogens is 804 g/mol. The summed E-state index contributed by atoms with van der Waals surface area (Å²) >= 11 is 0. The lowest BCUT2D eigenvalue weighted by Gasteiger charge is -2.40. The molecule has 14 nitrogen and oxygen atoms in total. The lowest BCUT2D eigenvalue weighted by atomic mass is 9.73. The van der Waals surface area contributed by atoms with Crippen LogP contribution in [0.25, 0.3) is 10.9 Å². The number of fused-ring (bicyclic) bond motifs is 2. The van der Waals surface area contributed by atoms with Gasteiger partial charge < -0.3 is 15.1 Å². The Morgan fingerprint density at radius 1 is 0.794 bits per heavy atom. The van der Waals surface area contributed by atoms with Crippen LogP contribution in [0.3, 0.4) is 0 Å². The van der Waals surface area contributed by atoms with E-state index in [1.54, 1.807) is 24.3 Å². The van der Waals surface area contributed by atoms with Crippen molar-refractivity contribution in [3.63, 3.8) is 0 Å². The molecule has 2 atom stereocenters. The van der Waals surface area contributed by atoms with Gasteiger partial charge in [-0.25, -0.2) is 4.39 Å². The number of rotatable bonds is 10. The van der Waals surface area contributed by atoms with Crippen LogP contribution in [0.4, 0.5) is 10.1 Å². The topological polar surface area (TPSA) is 156 Å². The first-order valence-corrected chi connectivity index (χ1v) is 23.2. The zero-order valence-electron chi connectivity index (χ0n) is 36.2. The second-order valence-electron chi connectivity index (χ2n) is 18.8. The molecule has 0 bridgehead atoms. The third-order valence-electron chi connectivity index (χ3n) is 15.0. The van der Waals surface area contributed by atoms with Crippen molar-refractivity contribution in [3.8, 4) is 0 Å². The second-order valence-corrected chi connectivity index (χ2v) is 18.8. The molecule has 1 aromatic heterocycles. The first kappa shape index (κ1) is 43.0. The quantitative estimate of drug-likeness (QED) is 0.282. The number of pyridine rings is 1. The third-order valence-corrected chi connectivity index (χ3v) is 15.0. The number of amides is 6. The maximum Gasteiger partial charge on any atom is 0.262 e. The first-order valence-electron chi connectivity index (χ1n) is 23.2. The van der Waals surface area contributed by atoms with E-state index in [9.17, 15) is 33.2 Å². The fraction of sp³-hybridized carbons (Fsp3) is 0.562. The molecule has 6 aliphatic rings. The Morgan fingerprint density at radius 3 is 2.25 bits per heavy atom. The van der Waals surface area contributed by atoms with Gasteiger partial charge in [-0.2, -0.15) is 0 Å². The number of hydrogen-bond donors (Lipinski definition) is 2. The maximum absolute atomic E-state index is 14.1. The fourth-order valence-corrected chi connectivity index (χ4v) is 11.1. The Kier molecular flexibility index (Phi) is 12.6. The highest BCUT2D eigenvalue weighted by Crippen LogP contribution is 2.41. The fourth-order valence-electron chi connectivity index (χ4n) is 11.1. The van der Waals surface area contributed by atoms with Gasteiger partial charge in [0.2, 0.25) is 23.6 Å². The largest absolute Gasteiger partial charge is 0.369 e. The lowest BCUT2D eigenvalue weighted by molar-refractivity contribution is -0.137. The molecule has 5 aliphatic heterocycles. The van der Waals surface area contributed by atoms with Gasteiger partial charge in [0.05, 0.1) is 23.2 Å². The first-order chi connectivity index (χ1) is 30.5. The third kappa shape index (κ3) is 9.22. The summed E-state index contributed by atoms with van der Waals surface area (Å²) in [6.45, 7) is 9.98. The molecule has 63 heavy (non-hydrogen) atoms. The highest BCUT2D eigenvalue weighted by Gasteiger charge is 2.45. The molecule has 4 saturated heterocycles. The summed E-state index contributed by atoms with van der Waals surface area (Å²) in [5.41, 5.74) is 3.45. The molecule has 6 amide bonds. The van der Waals surface area contributed by atoms with Crippen molar-refractivity contribution in [2.24, 2.45) is 17.8 Å². The molecule has 5 fully saturated rings. The van der Waals surface area contributed by atoms with Crippen LogP contribution in [0.15, 0.2) is 48.7 Å². The SMILES string of the molecule is C[C@@H](C(=O)NC1CCN(C(=O)CN2CCC(CN3CCN(c4ccc5c(c4)C(=O)N(C4CCC(=O)NC4=O)C5=O)CC3)CC2)CC1)[C@H]1CC[C@@H](c2ccnc3ccc(F)cc32)CC1. The summed E-state index contributed by atoms with van der Waals surface area (Å²) in [5, 5.41) is 6.45. The number of nitrogens with one attached hydrogen (secondary N) is 2. The number of likely N-dealkylation sites (tertiary alicyclic amines) is 2. The number of hydrogen-bond acceptors (Lipinski definition) is 10. The maximum atomic E-state index is 14.1. The zero-order chi connectivity index (χ0) is 43.8. The van der Waals surface area contributed by atoms with Crippen LogP contribution < -0.4 is 15.5 Å². The predicted molar refractivity (Wildman–Crippen MR) is 234 cm³/mol. The number of carbonyl (C=O) groups is 6. The van der Waals surface area contributed by atoms with E-state index in [1.165, 1.54) is 6.07 Å². The van der Waals surface area contributed by atoms with E-state index in [-0.39, 0.29) is 42.4 Å². The number of piperazine rings is 1. The number of nitrogens with zero attached hydrogens (tertiary/aromatic N) is 6. The summed E-state index contributed by atoms with van der Waals surface area (Å²) < 4.78 is 14.1. The van der Waals surface area contributed by atoms with Crippen LogP contribution in [0.5, 0.6) is 0 Å². The van der Waals surface area contributed by atoms with Crippen LogP contribution in [-0.4, -0.2) is 138 Å². The molecule has 0 radical (unpaired) electrons. The Labute approximate surface area is 367 Å². The van der Waals surface area contributed by atoms with Gasteiger partial charge in [-0.1, -0.05) is 6.92 Å². The molecule has 15 heteroatoms. The highest BCUT2D eigenvalue weighted by atomic mass is 19.1. The van der Waals surface area contributed by atoms with Gasteiger partial charge in [-0.15, -0.1) is 0 Å². The van der Waals surface area contributed by atoms with Crippen molar-refractivity contribution in [2.45, 2.75) is 89.1 Å². The number of imide groups is 2. The van der Waals surface area contributed by atoms with E-state index in [2.05, 4.69) is 37.2 Å². The van der Waals surface area contributed by atoms with Crippen LogP contribution in [0.2, 0.25) is 0 Å². The molecule has 1 saturated carbocycles. The summed E-state index contributed by atoms with van der Waals surface area (Å²) in [5.74, 6) is -0.806. The number of aromatic nitrogens is 1.